The highest BCUT2D eigenvalue weighted by molar-refractivity contribution is 6.12. The predicted octanol–water partition coefficient (Wildman–Crippen LogP) is 7.39. The van der Waals surface area contributed by atoms with Crippen molar-refractivity contribution in [3.63, 3.8) is 0 Å². The van der Waals surface area contributed by atoms with Gasteiger partial charge in [-0.2, -0.15) is 5.10 Å². The molecular formula is C35H32FN3O3. The molecule has 1 N–H and O–H groups in total. The Morgan fingerprint density at radius 1 is 0.952 bits per heavy atom. The average Bonchev–Trinajstić information content (AvgIpc) is 3.27. The monoisotopic (exact) mass is 561 g/mol. The summed E-state index contributed by atoms with van der Waals surface area (Å²) in [4.78, 5) is 26.1. The number of rotatable bonds is 9. The number of pyridine rings is 1. The zero-order valence-electron chi connectivity index (χ0n) is 24.0. The number of aromatic nitrogens is 1. The number of aryl methyl sites for hydroxylation is 1. The van der Waals surface area contributed by atoms with Gasteiger partial charge >= 0.3 is 0 Å². The Morgan fingerprint density at radius 2 is 1.67 bits per heavy atom. The molecule has 42 heavy (non-hydrogen) atoms. The van der Waals surface area contributed by atoms with E-state index in [4.69, 9.17) is 4.74 Å². The predicted molar refractivity (Wildman–Crippen MR) is 163 cm³/mol. The highest BCUT2D eigenvalue weighted by atomic mass is 19.1. The number of nitrogens with zero attached hydrogens (tertiary/aromatic N) is 2. The zero-order chi connectivity index (χ0) is 29.8. The van der Waals surface area contributed by atoms with E-state index in [1.54, 1.807) is 28.9 Å². The molecule has 0 bridgehead atoms. The molecule has 7 heteroatoms. The van der Waals surface area contributed by atoms with Crippen molar-refractivity contribution < 1.29 is 18.7 Å². The van der Waals surface area contributed by atoms with Crippen molar-refractivity contribution in [2.24, 2.45) is 5.10 Å². The molecule has 0 aliphatic carbocycles. The Kier molecular flexibility index (Phi) is 8.29. The van der Waals surface area contributed by atoms with Crippen molar-refractivity contribution >= 4 is 23.4 Å². The molecule has 1 amide bonds. The quantitative estimate of drug-likeness (QED) is 0.116. The molecule has 5 rings (SSSR count). The first-order chi connectivity index (χ1) is 20.2. The third-order valence-corrected chi connectivity index (χ3v) is 7.22. The minimum atomic E-state index is -0.405. The molecule has 0 spiro atoms. The van der Waals surface area contributed by atoms with Crippen LogP contribution in [0.1, 0.15) is 74.0 Å². The number of halogens is 1. The van der Waals surface area contributed by atoms with Crippen LogP contribution in [0.15, 0.2) is 96.2 Å². The van der Waals surface area contributed by atoms with Gasteiger partial charge in [0, 0.05) is 22.9 Å². The molecule has 3 aromatic carbocycles. The minimum absolute atomic E-state index is 0.232. The second kappa shape index (κ2) is 12.2. The van der Waals surface area contributed by atoms with Gasteiger partial charge in [0.1, 0.15) is 18.2 Å². The van der Waals surface area contributed by atoms with Crippen molar-refractivity contribution in [1.82, 2.24) is 9.83 Å². The summed E-state index contributed by atoms with van der Waals surface area (Å²) in [6.45, 7) is 8.54. The van der Waals surface area contributed by atoms with E-state index in [0.29, 0.717) is 40.5 Å². The molecule has 0 fully saturated rings. The van der Waals surface area contributed by atoms with Gasteiger partial charge in [-0.15, -0.1) is 0 Å². The standard InChI is InChI=1S/C35H32FN3O3/c1-22(2)29-17-8-23(3)19-32(29)42-21-25-9-11-27(12-10-25)35(41)38-37-20-30-24(4)33(39-18-6-5-7-31(30)39)34(40)26-13-15-28(36)16-14-26/h5-20,22H,21H2,1-4H3,(H,38,41). The molecule has 0 atom stereocenters. The van der Waals surface area contributed by atoms with Crippen molar-refractivity contribution in [3.05, 3.63) is 142 Å². The zero-order valence-corrected chi connectivity index (χ0v) is 24.0. The van der Waals surface area contributed by atoms with Crippen LogP contribution in [0.4, 0.5) is 4.39 Å². The Bertz CT molecular complexity index is 1790. The number of nitrogens with one attached hydrogen (secondary N) is 1. The maximum Gasteiger partial charge on any atom is 0.271 e. The summed E-state index contributed by atoms with van der Waals surface area (Å²) >= 11 is 0. The van der Waals surface area contributed by atoms with E-state index in [1.807, 2.05) is 50.2 Å². The molecule has 212 valence electrons. The van der Waals surface area contributed by atoms with Gasteiger partial charge in [-0.3, -0.25) is 9.59 Å². The smallest absolute Gasteiger partial charge is 0.271 e. The van der Waals surface area contributed by atoms with Crippen LogP contribution in [0.3, 0.4) is 0 Å². The van der Waals surface area contributed by atoms with E-state index in [1.165, 1.54) is 24.3 Å². The van der Waals surface area contributed by atoms with E-state index in [0.717, 1.165) is 28.0 Å². The molecule has 0 saturated heterocycles. The molecule has 0 saturated carbocycles. The average molecular weight is 562 g/mol. The van der Waals surface area contributed by atoms with Gasteiger partial charge in [0.05, 0.1) is 17.4 Å². The van der Waals surface area contributed by atoms with E-state index in [9.17, 15) is 14.0 Å². The Hall–Kier alpha value is -5.04. The molecule has 0 aliphatic rings. The second-order valence-corrected chi connectivity index (χ2v) is 10.6. The van der Waals surface area contributed by atoms with Gasteiger partial charge in [-0.1, -0.05) is 44.2 Å². The van der Waals surface area contributed by atoms with Crippen LogP contribution in [0.2, 0.25) is 0 Å². The number of fused-ring (bicyclic) bond motifs is 1. The fourth-order valence-corrected chi connectivity index (χ4v) is 4.92. The number of benzene rings is 3. The summed E-state index contributed by atoms with van der Waals surface area (Å²) in [5.41, 5.74) is 9.28. The number of ether oxygens (including phenoxy) is 1. The topological polar surface area (TPSA) is 72.2 Å². The lowest BCUT2D eigenvalue weighted by Crippen LogP contribution is -2.17. The number of hydrazone groups is 1. The lowest BCUT2D eigenvalue weighted by atomic mass is 10.0. The van der Waals surface area contributed by atoms with Crippen LogP contribution in [0.25, 0.3) is 5.52 Å². The van der Waals surface area contributed by atoms with Crippen LogP contribution < -0.4 is 10.2 Å². The largest absolute Gasteiger partial charge is 0.489 e. The van der Waals surface area contributed by atoms with Gasteiger partial charge in [0.2, 0.25) is 5.78 Å². The Morgan fingerprint density at radius 3 is 2.38 bits per heavy atom. The molecule has 0 unspecified atom stereocenters. The van der Waals surface area contributed by atoms with Crippen LogP contribution in [-0.2, 0) is 6.61 Å². The molecule has 6 nitrogen and oxygen atoms in total. The molecule has 2 aromatic heterocycles. The Balaban J connectivity index is 1.28. The summed E-state index contributed by atoms with van der Waals surface area (Å²) in [6, 6.07) is 24.5. The molecular weight excluding hydrogens is 529 g/mol. The highest BCUT2D eigenvalue weighted by Crippen LogP contribution is 2.28. The summed E-state index contributed by atoms with van der Waals surface area (Å²) in [6.07, 6.45) is 3.34. The number of hydrogen-bond acceptors (Lipinski definition) is 4. The van der Waals surface area contributed by atoms with Crippen molar-refractivity contribution in [2.75, 3.05) is 0 Å². The first-order valence-electron chi connectivity index (χ1n) is 13.8. The maximum atomic E-state index is 13.4. The number of carbonyl (C=O) groups is 2. The third-order valence-electron chi connectivity index (χ3n) is 7.22. The van der Waals surface area contributed by atoms with Crippen LogP contribution in [0, 0.1) is 19.7 Å². The van der Waals surface area contributed by atoms with Gasteiger partial charge in [0.15, 0.2) is 0 Å². The maximum absolute atomic E-state index is 13.4. The van der Waals surface area contributed by atoms with Gasteiger partial charge in [0.25, 0.3) is 5.91 Å². The van der Waals surface area contributed by atoms with E-state index in [-0.39, 0.29) is 11.7 Å². The van der Waals surface area contributed by atoms with Crippen LogP contribution >= 0.6 is 0 Å². The summed E-state index contributed by atoms with van der Waals surface area (Å²) in [7, 11) is 0. The number of amides is 1. The third kappa shape index (κ3) is 6.00. The molecule has 5 aromatic rings. The van der Waals surface area contributed by atoms with Crippen LogP contribution in [0.5, 0.6) is 5.75 Å². The molecule has 2 heterocycles. The first-order valence-corrected chi connectivity index (χ1v) is 13.8. The lowest BCUT2D eigenvalue weighted by Gasteiger charge is -2.15. The van der Waals surface area contributed by atoms with Crippen molar-refractivity contribution in [3.8, 4) is 5.75 Å². The van der Waals surface area contributed by atoms with Gasteiger partial charge in [-0.05, 0) is 96.6 Å². The summed E-state index contributed by atoms with van der Waals surface area (Å²) in [5.74, 6) is 0.227. The SMILES string of the molecule is Cc1ccc(C(C)C)c(OCc2ccc(C(=O)NN=Cc3c(C)c(C(=O)c4ccc(F)cc4)n4ccccc34)cc2)c1. The van der Waals surface area contributed by atoms with Crippen LogP contribution in [-0.4, -0.2) is 22.3 Å². The summed E-state index contributed by atoms with van der Waals surface area (Å²) < 4.78 is 21.3. The molecule has 0 aliphatic heterocycles. The van der Waals surface area contributed by atoms with E-state index in [2.05, 4.69) is 36.5 Å². The minimum Gasteiger partial charge on any atom is -0.489 e. The fourth-order valence-electron chi connectivity index (χ4n) is 4.92. The van der Waals surface area contributed by atoms with Gasteiger partial charge < -0.3 is 9.14 Å². The van der Waals surface area contributed by atoms with Crippen molar-refractivity contribution in [2.45, 2.75) is 40.2 Å². The number of ketones is 1. The summed E-state index contributed by atoms with van der Waals surface area (Å²) in [5, 5.41) is 4.20. The van der Waals surface area contributed by atoms with E-state index >= 15 is 0 Å². The van der Waals surface area contributed by atoms with Crippen molar-refractivity contribution in [1.29, 1.82) is 0 Å². The highest BCUT2D eigenvalue weighted by Gasteiger charge is 2.21. The van der Waals surface area contributed by atoms with Gasteiger partial charge in [-0.25, -0.2) is 9.82 Å². The number of hydrogen-bond donors (Lipinski definition) is 1. The Labute approximate surface area is 244 Å². The number of carbonyl (C=O) groups excluding carboxylic acids is 2. The normalized spacial score (nSPS) is 11.4. The second-order valence-electron chi connectivity index (χ2n) is 10.6. The fraction of sp³-hybridized carbons (Fsp3) is 0.171. The first kappa shape index (κ1) is 28.5. The molecule has 0 radical (unpaired) electrons. The van der Waals surface area contributed by atoms with E-state index < -0.39 is 5.82 Å². The lowest BCUT2D eigenvalue weighted by molar-refractivity contribution is 0.0954.